The van der Waals surface area contributed by atoms with Crippen molar-refractivity contribution in [1.29, 1.82) is 0 Å². The van der Waals surface area contributed by atoms with Gasteiger partial charge in [-0.3, -0.25) is 0 Å². The Labute approximate surface area is 132 Å². The van der Waals surface area contributed by atoms with Crippen LogP contribution in [0.15, 0.2) is 17.6 Å². The van der Waals surface area contributed by atoms with Crippen molar-refractivity contribution in [2.24, 2.45) is 12.5 Å². The molecule has 0 unspecified atom stereocenters. The van der Waals surface area contributed by atoms with E-state index in [2.05, 4.69) is 4.98 Å². The molecule has 1 aromatic rings. The summed E-state index contributed by atoms with van der Waals surface area (Å²) in [6.45, 7) is 2.69. The van der Waals surface area contributed by atoms with E-state index >= 15 is 0 Å². The van der Waals surface area contributed by atoms with Gasteiger partial charge in [0.05, 0.1) is 12.4 Å². The van der Waals surface area contributed by atoms with Gasteiger partial charge < -0.3 is 9.30 Å². The Morgan fingerprint density at radius 2 is 2.14 bits per heavy atom. The summed E-state index contributed by atoms with van der Waals surface area (Å²) < 4.78 is 34.7. The smallest absolute Gasteiger partial charge is 0.262 e. The number of aromatic nitrogens is 2. The van der Waals surface area contributed by atoms with Crippen LogP contribution < -0.4 is 0 Å². The van der Waals surface area contributed by atoms with Crippen LogP contribution in [0.5, 0.6) is 0 Å². The van der Waals surface area contributed by atoms with E-state index in [1.54, 1.807) is 24.9 Å². The molecule has 2 saturated carbocycles. The van der Waals surface area contributed by atoms with E-state index in [1.807, 2.05) is 6.92 Å². The number of sulfonamides is 1. The second-order valence-corrected chi connectivity index (χ2v) is 8.48. The number of nitrogens with zero attached hydrogens (tertiary/aromatic N) is 3. The fourth-order valence-electron chi connectivity index (χ4n) is 4.20. The molecule has 0 bridgehead atoms. The van der Waals surface area contributed by atoms with Gasteiger partial charge in [0.2, 0.25) is 0 Å². The molecule has 1 aromatic heterocycles. The molecule has 1 spiro atoms. The van der Waals surface area contributed by atoms with Crippen LogP contribution in [0.4, 0.5) is 0 Å². The van der Waals surface area contributed by atoms with E-state index in [-0.39, 0.29) is 22.6 Å². The number of imidazole rings is 1. The predicted molar refractivity (Wildman–Crippen MR) is 82.9 cm³/mol. The molecule has 7 heteroatoms. The first kappa shape index (κ1) is 16.0. The van der Waals surface area contributed by atoms with Gasteiger partial charge in [-0.25, -0.2) is 13.4 Å². The Bertz CT molecular complexity index is 634. The summed E-state index contributed by atoms with van der Waals surface area (Å²) in [7, 11) is -0.0661. The molecule has 2 aliphatic rings. The van der Waals surface area contributed by atoms with Gasteiger partial charge in [-0.1, -0.05) is 12.8 Å². The summed E-state index contributed by atoms with van der Waals surface area (Å²) in [6.07, 6.45) is 8.52. The average molecular weight is 327 g/mol. The molecule has 0 radical (unpaired) electrons. The molecule has 0 aromatic carbocycles. The Kier molecular flexibility index (Phi) is 4.07. The number of hydrogen-bond donors (Lipinski definition) is 0. The highest BCUT2D eigenvalue weighted by Gasteiger charge is 2.59. The van der Waals surface area contributed by atoms with Crippen LogP contribution >= 0.6 is 0 Å². The number of hydrogen-bond acceptors (Lipinski definition) is 4. The topological polar surface area (TPSA) is 64.4 Å². The summed E-state index contributed by atoms with van der Waals surface area (Å²) in [6, 6.07) is 0.0264. The molecule has 1 heterocycles. The van der Waals surface area contributed by atoms with Crippen LogP contribution in [0.2, 0.25) is 0 Å². The zero-order valence-electron chi connectivity index (χ0n) is 13.5. The van der Waals surface area contributed by atoms with Crippen LogP contribution in [0.3, 0.4) is 0 Å². The fraction of sp³-hybridized carbons (Fsp3) is 0.800. The first-order valence-corrected chi connectivity index (χ1v) is 9.43. The second kappa shape index (κ2) is 5.62. The number of ether oxygens (including phenoxy) is 1. The summed E-state index contributed by atoms with van der Waals surface area (Å²) in [5, 5.41) is 0.130. The Morgan fingerprint density at radius 1 is 1.45 bits per heavy atom. The molecule has 0 saturated heterocycles. The molecule has 22 heavy (non-hydrogen) atoms. The summed E-state index contributed by atoms with van der Waals surface area (Å²) >= 11 is 0. The highest BCUT2D eigenvalue weighted by atomic mass is 32.2. The Hall–Kier alpha value is -0.920. The normalized spacial score (nSPS) is 27.5. The van der Waals surface area contributed by atoms with Crippen molar-refractivity contribution in [2.45, 2.75) is 56.2 Å². The van der Waals surface area contributed by atoms with Crippen LogP contribution in [0.25, 0.3) is 0 Å². The van der Waals surface area contributed by atoms with E-state index in [1.165, 1.54) is 10.6 Å². The third-order valence-corrected chi connectivity index (χ3v) is 7.16. The van der Waals surface area contributed by atoms with E-state index in [0.717, 1.165) is 32.1 Å². The van der Waals surface area contributed by atoms with Crippen molar-refractivity contribution in [1.82, 2.24) is 13.9 Å². The van der Waals surface area contributed by atoms with Gasteiger partial charge >= 0.3 is 0 Å². The minimum Gasteiger partial charge on any atom is -0.378 e. The maximum absolute atomic E-state index is 12.8. The summed E-state index contributed by atoms with van der Waals surface area (Å²) in [5.41, 5.74) is 0.00656. The van der Waals surface area contributed by atoms with E-state index < -0.39 is 10.0 Å². The van der Waals surface area contributed by atoms with Crippen LogP contribution in [0.1, 0.15) is 39.0 Å². The van der Waals surface area contributed by atoms with E-state index in [4.69, 9.17) is 4.74 Å². The van der Waals surface area contributed by atoms with Crippen molar-refractivity contribution in [3.63, 3.8) is 0 Å². The molecule has 3 rings (SSSR count). The van der Waals surface area contributed by atoms with Crippen molar-refractivity contribution < 1.29 is 13.2 Å². The lowest BCUT2D eigenvalue weighted by molar-refractivity contribution is -0.145. The third-order valence-electron chi connectivity index (χ3n) is 5.41. The third kappa shape index (κ3) is 2.30. The average Bonchev–Trinajstić information content (AvgIpc) is 3.12. The SMILES string of the molecule is CCO[C@H]1C[C@@H](N(C)S(=O)(=O)c2cn(C)cn2)C12CCCC2. The maximum atomic E-state index is 12.8. The molecule has 2 fully saturated rings. The highest BCUT2D eigenvalue weighted by molar-refractivity contribution is 7.89. The number of rotatable bonds is 5. The minimum atomic E-state index is -3.53. The molecular weight excluding hydrogens is 302 g/mol. The Morgan fingerprint density at radius 3 is 2.68 bits per heavy atom. The molecular formula is C15H25N3O3S. The first-order valence-electron chi connectivity index (χ1n) is 7.99. The monoisotopic (exact) mass is 327 g/mol. The van der Waals surface area contributed by atoms with Crippen LogP contribution in [0, 0.1) is 5.41 Å². The lowest BCUT2D eigenvalue weighted by Crippen LogP contribution is -2.63. The van der Waals surface area contributed by atoms with Gasteiger partial charge in [0.25, 0.3) is 10.0 Å². The first-order chi connectivity index (χ1) is 10.4. The van der Waals surface area contributed by atoms with Crippen molar-refractivity contribution in [3.8, 4) is 0 Å². The van der Waals surface area contributed by atoms with Gasteiger partial charge in [-0.15, -0.1) is 0 Å². The zero-order chi connectivity index (χ0) is 16.0. The fourth-order valence-corrected chi connectivity index (χ4v) is 5.60. The van der Waals surface area contributed by atoms with Crippen molar-refractivity contribution in [3.05, 3.63) is 12.5 Å². The minimum absolute atomic E-state index is 0.00656. The van der Waals surface area contributed by atoms with Gasteiger partial charge in [-0.05, 0) is 26.2 Å². The van der Waals surface area contributed by atoms with Gasteiger partial charge in [0.1, 0.15) is 0 Å². The molecule has 0 amide bonds. The second-order valence-electron chi connectivity index (χ2n) is 6.53. The van der Waals surface area contributed by atoms with E-state index in [9.17, 15) is 8.42 Å². The zero-order valence-corrected chi connectivity index (χ0v) is 14.3. The number of aryl methyl sites for hydroxylation is 1. The summed E-state index contributed by atoms with van der Waals surface area (Å²) in [4.78, 5) is 4.02. The standard InChI is InChI=1S/C15H25N3O3S/c1-4-21-13-9-12(15(13)7-5-6-8-15)18(3)22(19,20)14-10-17(2)11-16-14/h10-13H,4-9H2,1-3H3/t12-,13+/m1/s1. The van der Waals surface area contributed by atoms with Gasteiger partial charge in [-0.2, -0.15) is 4.31 Å². The van der Waals surface area contributed by atoms with Gasteiger partial charge in [0, 0.05) is 38.4 Å². The molecule has 0 N–H and O–H groups in total. The molecule has 2 aliphatic carbocycles. The quantitative estimate of drug-likeness (QED) is 0.827. The lowest BCUT2D eigenvalue weighted by atomic mass is 9.60. The van der Waals surface area contributed by atoms with E-state index in [0.29, 0.717) is 6.61 Å². The van der Waals surface area contributed by atoms with Crippen LogP contribution in [-0.4, -0.2) is 48.1 Å². The van der Waals surface area contributed by atoms with Crippen molar-refractivity contribution >= 4 is 10.0 Å². The maximum Gasteiger partial charge on any atom is 0.262 e. The molecule has 2 atom stereocenters. The molecule has 6 nitrogen and oxygen atoms in total. The lowest BCUT2D eigenvalue weighted by Gasteiger charge is -2.56. The molecule has 0 aliphatic heterocycles. The molecule has 124 valence electrons. The Balaban J connectivity index is 1.84. The van der Waals surface area contributed by atoms with Gasteiger partial charge in [0.15, 0.2) is 5.03 Å². The van der Waals surface area contributed by atoms with Crippen molar-refractivity contribution in [2.75, 3.05) is 13.7 Å². The summed E-state index contributed by atoms with van der Waals surface area (Å²) in [5.74, 6) is 0. The highest BCUT2D eigenvalue weighted by Crippen LogP contribution is 2.57. The largest absolute Gasteiger partial charge is 0.378 e. The van der Waals surface area contributed by atoms with Crippen LogP contribution in [-0.2, 0) is 21.8 Å². The predicted octanol–water partition coefficient (Wildman–Crippen LogP) is 1.78.